The van der Waals surface area contributed by atoms with E-state index in [0.29, 0.717) is 24.2 Å². The number of aromatic nitrogens is 4. The van der Waals surface area contributed by atoms with E-state index in [1.165, 1.54) is 0 Å². The molecule has 1 saturated heterocycles. The number of hydrogen-bond acceptors (Lipinski definition) is 8. The second-order valence-corrected chi connectivity index (χ2v) is 8.30. The van der Waals surface area contributed by atoms with Gasteiger partial charge in [0.25, 0.3) is 0 Å². The third kappa shape index (κ3) is 5.68. The first-order chi connectivity index (χ1) is 16.0. The largest absolute Gasteiger partial charge is 0.491 e. The number of likely N-dealkylation sites (N-methyl/N-ethyl adjacent to an activating group) is 1. The highest BCUT2D eigenvalue weighted by Crippen LogP contribution is 2.29. The molecule has 1 aliphatic rings. The van der Waals surface area contributed by atoms with E-state index in [2.05, 4.69) is 22.2 Å². The van der Waals surface area contributed by atoms with Crippen LogP contribution in [0.25, 0.3) is 22.9 Å². The maximum Gasteiger partial charge on any atom is 0.162 e. The van der Waals surface area contributed by atoms with Gasteiger partial charge in [-0.15, -0.1) is 0 Å². The number of imidazole rings is 1. The Hall–Kier alpha value is -3.01. The zero-order valence-electron chi connectivity index (χ0n) is 19.4. The molecule has 1 fully saturated rings. The molecule has 1 aliphatic heterocycles. The minimum atomic E-state index is -0.582. The van der Waals surface area contributed by atoms with Gasteiger partial charge in [-0.05, 0) is 32.0 Å². The van der Waals surface area contributed by atoms with Crippen molar-refractivity contribution in [1.29, 1.82) is 0 Å². The van der Waals surface area contributed by atoms with E-state index in [1.807, 2.05) is 48.1 Å². The molecule has 9 heteroatoms. The molecular formula is C24H32N6O3. The lowest BCUT2D eigenvalue weighted by Crippen LogP contribution is -2.37. The quantitative estimate of drug-likeness (QED) is 0.510. The van der Waals surface area contributed by atoms with Crippen molar-refractivity contribution < 1.29 is 14.6 Å². The Morgan fingerprint density at radius 1 is 1.27 bits per heavy atom. The maximum absolute atomic E-state index is 9.95. The van der Waals surface area contributed by atoms with Gasteiger partial charge in [-0.1, -0.05) is 12.1 Å². The monoisotopic (exact) mass is 452 g/mol. The third-order valence-corrected chi connectivity index (χ3v) is 5.84. The Balaban J connectivity index is 1.67. The van der Waals surface area contributed by atoms with Crippen molar-refractivity contribution in [2.45, 2.75) is 25.0 Å². The summed E-state index contributed by atoms with van der Waals surface area (Å²) < 4.78 is 13.3. The molecule has 0 aliphatic carbocycles. The number of ether oxygens (including phenoxy) is 2. The van der Waals surface area contributed by atoms with Gasteiger partial charge in [0, 0.05) is 63.9 Å². The molecule has 9 nitrogen and oxygen atoms in total. The van der Waals surface area contributed by atoms with Crippen LogP contribution in [0.2, 0.25) is 0 Å². The normalized spacial score (nSPS) is 15.4. The number of anilines is 1. The maximum atomic E-state index is 9.95. The van der Waals surface area contributed by atoms with Gasteiger partial charge in [-0.2, -0.15) is 0 Å². The fourth-order valence-corrected chi connectivity index (χ4v) is 3.94. The zero-order chi connectivity index (χ0) is 23.2. The average molecular weight is 453 g/mol. The predicted molar refractivity (Wildman–Crippen MR) is 127 cm³/mol. The molecule has 0 amide bonds. The molecule has 1 atom stereocenters. The summed E-state index contributed by atoms with van der Waals surface area (Å²) in [5, 5.41) is 12.9. The fraction of sp³-hybridized carbons (Fsp3) is 0.458. The van der Waals surface area contributed by atoms with E-state index < -0.39 is 6.10 Å². The summed E-state index contributed by atoms with van der Waals surface area (Å²) in [6, 6.07) is 10.0. The molecule has 3 aromatic rings. The summed E-state index contributed by atoms with van der Waals surface area (Å²) in [4.78, 5) is 16.5. The molecule has 1 aromatic carbocycles. The summed E-state index contributed by atoms with van der Waals surface area (Å²) >= 11 is 0. The van der Waals surface area contributed by atoms with Crippen molar-refractivity contribution in [2.24, 2.45) is 7.05 Å². The zero-order valence-corrected chi connectivity index (χ0v) is 19.4. The van der Waals surface area contributed by atoms with E-state index in [9.17, 15) is 5.11 Å². The number of aryl methyl sites for hydroxylation is 1. The summed E-state index contributed by atoms with van der Waals surface area (Å²) in [6.07, 6.45) is 5.02. The van der Waals surface area contributed by atoms with Crippen molar-refractivity contribution in [3.8, 4) is 28.7 Å². The SMILES string of the molecule is CNCC(O)COc1cccc(-c2nc(-c3nccn3C)cc(N(C)C3CCOCC3)n2)c1. The van der Waals surface area contributed by atoms with Crippen LogP contribution in [-0.4, -0.2) is 77.2 Å². The van der Waals surface area contributed by atoms with Crippen LogP contribution in [0.1, 0.15) is 12.8 Å². The standard InChI is InChI=1S/C24H32N6O3/c1-25-15-19(31)16-33-20-6-4-5-17(13-20)23-27-21(24-26-9-10-29(24)2)14-22(28-23)30(3)18-7-11-32-12-8-18/h4-6,9-10,13-14,18-19,25,31H,7-8,11-12,15-16H2,1-3H3. The van der Waals surface area contributed by atoms with Crippen molar-refractivity contribution in [1.82, 2.24) is 24.8 Å². The van der Waals surface area contributed by atoms with Crippen molar-refractivity contribution in [3.05, 3.63) is 42.7 Å². The van der Waals surface area contributed by atoms with Crippen LogP contribution in [0, 0.1) is 0 Å². The van der Waals surface area contributed by atoms with Gasteiger partial charge in [0.05, 0.1) is 0 Å². The van der Waals surface area contributed by atoms with Crippen molar-refractivity contribution in [3.63, 3.8) is 0 Å². The van der Waals surface area contributed by atoms with Crippen molar-refractivity contribution in [2.75, 3.05) is 45.4 Å². The lowest BCUT2D eigenvalue weighted by molar-refractivity contribution is 0.0853. The predicted octanol–water partition coefficient (Wildman–Crippen LogP) is 2.12. The Bertz CT molecular complexity index is 1050. The average Bonchev–Trinajstić information content (AvgIpc) is 3.29. The smallest absolute Gasteiger partial charge is 0.162 e. The molecule has 33 heavy (non-hydrogen) atoms. The van der Waals surface area contributed by atoms with Gasteiger partial charge in [-0.25, -0.2) is 15.0 Å². The van der Waals surface area contributed by atoms with E-state index in [1.54, 1.807) is 13.2 Å². The molecule has 176 valence electrons. The van der Waals surface area contributed by atoms with Gasteiger partial charge >= 0.3 is 0 Å². The summed E-state index contributed by atoms with van der Waals surface area (Å²) in [6.45, 7) is 2.20. The van der Waals surface area contributed by atoms with Gasteiger partial charge in [0.1, 0.15) is 30.0 Å². The minimum absolute atomic E-state index is 0.205. The van der Waals surface area contributed by atoms with E-state index in [-0.39, 0.29) is 6.61 Å². The number of nitrogens with zero attached hydrogens (tertiary/aromatic N) is 5. The van der Waals surface area contributed by atoms with E-state index in [4.69, 9.17) is 19.4 Å². The second kappa shape index (κ2) is 10.7. The topological polar surface area (TPSA) is 97.6 Å². The van der Waals surface area contributed by atoms with Crippen LogP contribution in [0.3, 0.4) is 0 Å². The number of aliphatic hydroxyl groups is 1. The van der Waals surface area contributed by atoms with Gasteiger partial charge in [-0.3, -0.25) is 0 Å². The Labute approximate surface area is 194 Å². The molecule has 0 bridgehead atoms. The van der Waals surface area contributed by atoms with Gasteiger partial charge in [0.15, 0.2) is 11.6 Å². The molecular weight excluding hydrogens is 420 g/mol. The molecule has 0 spiro atoms. The molecule has 1 unspecified atom stereocenters. The van der Waals surface area contributed by atoms with Crippen LogP contribution in [0.4, 0.5) is 5.82 Å². The summed E-state index contributed by atoms with van der Waals surface area (Å²) in [5.74, 6) is 2.89. The highest BCUT2D eigenvalue weighted by Gasteiger charge is 2.22. The molecule has 2 aromatic heterocycles. The lowest BCUT2D eigenvalue weighted by Gasteiger charge is -2.32. The molecule has 2 N–H and O–H groups in total. The number of benzene rings is 1. The van der Waals surface area contributed by atoms with Crippen LogP contribution >= 0.6 is 0 Å². The van der Waals surface area contributed by atoms with Crippen LogP contribution in [0.15, 0.2) is 42.7 Å². The Morgan fingerprint density at radius 2 is 2.09 bits per heavy atom. The fourth-order valence-electron chi connectivity index (χ4n) is 3.94. The van der Waals surface area contributed by atoms with Crippen molar-refractivity contribution >= 4 is 5.82 Å². The number of nitrogens with one attached hydrogen (secondary N) is 1. The first-order valence-corrected chi connectivity index (χ1v) is 11.3. The number of rotatable bonds is 9. The van der Waals surface area contributed by atoms with Crippen LogP contribution < -0.4 is 15.0 Å². The highest BCUT2D eigenvalue weighted by molar-refractivity contribution is 5.65. The Morgan fingerprint density at radius 3 is 2.82 bits per heavy atom. The van der Waals surface area contributed by atoms with Crippen LogP contribution in [-0.2, 0) is 11.8 Å². The number of aliphatic hydroxyl groups excluding tert-OH is 1. The molecule has 0 radical (unpaired) electrons. The van der Waals surface area contributed by atoms with E-state index >= 15 is 0 Å². The highest BCUT2D eigenvalue weighted by atomic mass is 16.5. The lowest BCUT2D eigenvalue weighted by atomic mass is 10.1. The third-order valence-electron chi connectivity index (χ3n) is 5.84. The number of hydrogen-bond donors (Lipinski definition) is 2. The Kier molecular flexibility index (Phi) is 7.54. The first-order valence-electron chi connectivity index (χ1n) is 11.3. The molecule has 0 saturated carbocycles. The summed E-state index contributed by atoms with van der Waals surface area (Å²) in [7, 11) is 5.83. The van der Waals surface area contributed by atoms with Gasteiger partial charge in [0.2, 0.25) is 0 Å². The second-order valence-electron chi connectivity index (χ2n) is 8.30. The van der Waals surface area contributed by atoms with Gasteiger partial charge < -0.3 is 29.4 Å². The summed E-state index contributed by atoms with van der Waals surface area (Å²) in [5.41, 5.74) is 1.60. The first kappa shape index (κ1) is 23.2. The molecule has 4 rings (SSSR count). The van der Waals surface area contributed by atoms with E-state index in [0.717, 1.165) is 49.0 Å². The van der Waals surface area contributed by atoms with Crippen LogP contribution in [0.5, 0.6) is 5.75 Å². The minimum Gasteiger partial charge on any atom is -0.491 e. The molecule has 3 heterocycles.